The van der Waals surface area contributed by atoms with Gasteiger partial charge in [0, 0.05) is 6.42 Å². The van der Waals surface area contributed by atoms with Crippen LogP contribution in [0.3, 0.4) is 0 Å². The van der Waals surface area contributed by atoms with Crippen molar-refractivity contribution in [3.8, 4) is 5.75 Å². The zero-order valence-electron chi connectivity index (χ0n) is 21.1. The lowest BCUT2D eigenvalue weighted by molar-refractivity contribution is -0.143. The summed E-state index contributed by atoms with van der Waals surface area (Å²) in [7, 11) is 0. The molecule has 0 fully saturated rings. The van der Waals surface area contributed by atoms with Gasteiger partial charge in [0.1, 0.15) is 23.9 Å². The largest absolute Gasteiger partial charge is 0.508 e. The van der Waals surface area contributed by atoms with Crippen molar-refractivity contribution in [2.24, 2.45) is 23.1 Å². The number of rotatable bonds is 16. The van der Waals surface area contributed by atoms with E-state index in [1.54, 1.807) is 13.8 Å². The molecule has 0 saturated heterocycles. The molecule has 1 rings (SSSR count). The van der Waals surface area contributed by atoms with Crippen LogP contribution in [0.1, 0.15) is 45.1 Å². The Morgan fingerprint density at radius 2 is 1.46 bits per heavy atom. The third-order valence-electron chi connectivity index (χ3n) is 5.58. The van der Waals surface area contributed by atoms with Crippen molar-refractivity contribution < 1.29 is 34.2 Å². The van der Waals surface area contributed by atoms with Crippen LogP contribution in [0, 0.1) is 5.92 Å². The van der Waals surface area contributed by atoms with E-state index in [2.05, 4.69) is 16.0 Å². The van der Waals surface area contributed by atoms with Crippen molar-refractivity contribution in [3.63, 3.8) is 0 Å². The predicted molar refractivity (Wildman–Crippen MR) is 135 cm³/mol. The summed E-state index contributed by atoms with van der Waals surface area (Å²) >= 11 is 0. The van der Waals surface area contributed by atoms with Gasteiger partial charge in [-0.25, -0.2) is 4.79 Å². The Bertz CT molecular complexity index is 938. The highest BCUT2D eigenvalue weighted by atomic mass is 16.4. The Kier molecular flexibility index (Phi) is 13.0. The SMILES string of the molecule is CC(C)C(NC(=O)C(Cc1ccc(O)cc1)NC(=O)C(CC(N)=O)NC(=O)C(N)CCCCN)C(=O)O. The number of phenolic OH excluding ortho intramolecular Hbond substituents is 1. The minimum absolute atomic E-state index is 0.00780. The average Bonchev–Trinajstić information content (AvgIpc) is 2.82. The summed E-state index contributed by atoms with van der Waals surface area (Å²) in [5.74, 6) is -4.92. The van der Waals surface area contributed by atoms with Gasteiger partial charge in [-0.1, -0.05) is 32.4 Å². The molecule has 0 bridgehead atoms. The Labute approximate surface area is 215 Å². The van der Waals surface area contributed by atoms with Gasteiger partial charge in [0.15, 0.2) is 0 Å². The number of carboxylic acid groups (broad SMARTS) is 1. The maximum atomic E-state index is 13.1. The summed E-state index contributed by atoms with van der Waals surface area (Å²) in [4.78, 5) is 61.8. The molecule has 11 N–H and O–H groups in total. The van der Waals surface area contributed by atoms with E-state index in [1.165, 1.54) is 24.3 Å². The average molecular weight is 523 g/mol. The van der Waals surface area contributed by atoms with E-state index in [-0.39, 0.29) is 12.2 Å². The molecule has 13 nitrogen and oxygen atoms in total. The number of benzene rings is 1. The molecule has 13 heteroatoms. The van der Waals surface area contributed by atoms with Gasteiger partial charge in [-0.15, -0.1) is 0 Å². The van der Waals surface area contributed by atoms with E-state index >= 15 is 0 Å². The van der Waals surface area contributed by atoms with Gasteiger partial charge in [0.25, 0.3) is 0 Å². The Morgan fingerprint density at radius 1 is 0.892 bits per heavy atom. The van der Waals surface area contributed by atoms with E-state index in [9.17, 15) is 34.2 Å². The number of carbonyl (C=O) groups is 5. The van der Waals surface area contributed by atoms with E-state index in [4.69, 9.17) is 17.2 Å². The number of amides is 4. The lowest BCUT2D eigenvalue weighted by atomic mass is 10.0. The minimum atomic E-state index is -1.42. The third kappa shape index (κ3) is 11.3. The fourth-order valence-corrected chi connectivity index (χ4v) is 3.45. The van der Waals surface area contributed by atoms with Gasteiger partial charge in [-0.2, -0.15) is 0 Å². The molecule has 4 amide bonds. The molecule has 0 heterocycles. The van der Waals surface area contributed by atoms with Gasteiger partial charge < -0.3 is 43.4 Å². The maximum absolute atomic E-state index is 13.1. The molecule has 37 heavy (non-hydrogen) atoms. The third-order valence-corrected chi connectivity index (χ3v) is 5.58. The van der Waals surface area contributed by atoms with Crippen molar-refractivity contribution in [2.75, 3.05) is 6.54 Å². The highest BCUT2D eigenvalue weighted by Crippen LogP contribution is 2.12. The van der Waals surface area contributed by atoms with Crippen LogP contribution >= 0.6 is 0 Å². The summed E-state index contributed by atoms with van der Waals surface area (Å²) in [5.41, 5.74) is 17.1. The fourth-order valence-electron chi connectivity index (χ4n) is 3.45. The monoisotopic (exact) mass is 522 g/mol. The quantitative estimate of drug-likeness (QED) is 0.117. The molecule has 0 aliphatic heterocycles. The zero-order chi connectivity index (χ0) is 28.1. The van der Waals surface area contributed by atoms with Gasteiger partial charge in [0.2, 0.25) is 23.6 Å². The Morgan fingerprint density at radius 3 is 1.97 bits per heavy atom. The molecule has 0 spiro atoms. The smallest absolute Gasteiger partial charge is 0.326 e. The summed E-state index contributed by atoms with van der Waals surface area (Å²) in [6.45, 7) is 3.66. The summed E-state index contributed by atoms with van der Waals surface area (Å²) in [6.07, 6.45) is 0.940. The van der Waals surface area contributed by atoms with Crippen LogP contribution in [0.25, 0.3) is 0 Å². The fraction of sp³-hybridized carbons (Fsp3) is 0.542. The number of aliphatic carboxylic acids is 1. The van der Waals surface area contributed by atoms with Crippen molar-refractivity contribution in [1.29, 1.82) is 0 Å². The lowest BCUT2D eigenvalue weighted by Gasteiger charge is -2.26. The first-order chi connectivity index (χ1) is 17.3. The zero-order valence-corrected chi connectivity index (χ0v) is 21.1. The van der Waals surface area contributed by atoms with Crippen LogP contribution in [0.5, 0.6) is 5.75 Å². The molecule has 4 atom stereocenters. The number of nitrogens with two attached hydrogens (primary N) is 3. The van der Waals surface area contributed by atoms with E-state index < -0.39 is 66.1 Å². The minimum Gasteiger partial charge on any atom is -0.508 e. The number of aromatic hydroxyl groups is 1. The molecule has 1 aromatic rings. The highest BCUT2D eigenvalue weighted by molar-refractivity contribution is 5.96. The van der Waals surface area contributed by atoms with Gasteiger partial charge in [0.05, 0.1) is 12.5 Å². The number of nitrogens with one attached hydrogen (secondary N) is 3. The van der Waals surface area contributed by atoms with Crippen molar-refractivity contribution in [1.82, 2.24) is 16.0 Å². The molecule has 1 aromatic carbocycles. The molecular weight excluding hydrogens is 484 g/mol. The first kappa shape index (κ1) is 31.3. The van der Waals surface area contributed by atoms with Crippen molar-refractivity contribution in [3.05, 3.63) is 29.8 Å². The van der Waals surface area contributed by atoms with Gasteiger partial charge in [-0.05, 0) is 43.0 Å². The molecule has 0 aliphatic carbocycles. The second kappa shape index (κ2) is 15.4. The number of phenols is 1. The highest BCUT2D eigenvalue weighted by Gasteiger charge is 2.32. The molecule has 0 aliphatic rings. The van der Waals surface area contributed by atoms with Crippen LogP contribution in [0.2, 0.25) is 0 Å². The predicted octanol–water partition coefficient (Wildman–Crippen LogP) is -1.54. The van der Waals surface area contributed by atoms with Gasteiger partial charge in [-0.3, -0.25) is 19.2 Å². The second-order valence-corrected chi connectivity index (χ2v) is 9.12. The lowest BCUT2D eigenvalue weighted by Crippen LogP contribution is -2.58. The maximum Gasteiger partial charge on any atom is 0.326 e. The van der Waals surface area contributed by atoms with Crippen LogP contribution < -0.4 is 33.2 Å². The first-order valence-corrected chi connectivity index (χ1v) is 12.0. The Hall–Kier alpha value is -3.71. The van der Waals surface area contributed by atoms with Crippen molar-refractivity contribution in [2.45, 2.75) is 70.1 Å². The van der Waals surface area contributed by atoms with Crippen LogP contribution in [-0.2, 0) is 30.4 Å². The molecule has 0 radical (unpaired) electrons. The summed E-state index contributed by atoms with van der Waals surface area (Å²) in [5, 5.41) is 26.3. The van der Waals surface area contributed by atoms with Crippen LogP contribution in [0.15, 0.2) is 24.3 Å². The number of carbonyl (C=O) groups excluding carboxylic acids is 4. The van der Waals surface area contributed by atoms with Crippen molar-refractivity contribution >= 4 is 29.6 Å². The topological polar surface area (TPSA) is 240 Å². The molecule has 206 valence electrons. The van der Waals surface area contributed by atoms with Crippen LogP contribution in [-0.4, -0.2) is 70.5 Å². The Balaban J connectivity index is 3.11. The second-order valence-electron chi connectivity index (χ2n) is 9.12. The van der Waals surface area contributed by atoms with Gasteiger partial charge >= 0.3 is 5.97 Å². The summed E-state index contributed by atoms with van der Waals surface area (Å²) in [6, 6.07) is 0.978. The number of unbranched alkanes of at least 4 members (excludes halogenated alkanes) is 1. The first-order valence-electron chi connectivity index (χ1n) is 12.0. The molecule has 0 aromatic heterocycles. The molecule has 4 unspecified atom stereocenters. The number of hydrogen-bond acceptors (Lipinski definition) is 8. The number of primary amides is 1. The summed E-state index contributed by atoms with van der Waals surface area (Å²) < 4.78 is 0. The van der Waals surface area contributed by atoms with E-state index in [1.807, 2.05) is 0 Å². The molecule has 0 saturated carbocycles. The number of carboxylic acids is 1. The van der Waals surface area contributed by atoms with E-state index in [0.717, 1.165) is 0 Å². The standard InChI is InChI=1S/C24H38N6O7/c1-13(2)20(24(36)37)30-23(35)17(11-14-6-8-15(31)9-7-14)29-22(34)18(12-19(27)32)28-21(33)16(26)5-3-4-10-25/h6-9,13,16-18,20,31H,3-5,10-12,25-26H2,1-2H3,(H2,27,32)(H,28,33)(H,29,34)(H,30,35)(H,36,37). The normalized spacial score (nSPS) is 14.2. The van der Waals surface area contributed by atoms with E-state index in [0.29, 0.717) is 31.4 Å². The number of hydrogen-bond donors (Lipinski definition) is 8. The van der Waals surface area contributed by atoms with Crippen LogP contribution in [0.4, 0.5) is 0 Å². The molecular formula is C24H38N6O7.